The quantitative estimate of drug-likeness (QED) is 0.565. The second kappa shape index (κ2) is 3.42. The summed E-state index contributed by atoms with van der Waals surface area (Å²) in [6.07, 6.45) is 1.79. The Kier molecular flexibility index (Phi) is 2.70. The molecule has 1 saturated carbocycles. The Hall–Kier alpha value is -0.600. The first-order valence-electron chi connectivity index (χ1n) is 3.88. The van der Waals surface area contributed by atoms with Crippen LogP contribution < -0.4 is 0 Å². The van der Waals surface area contributed by atoms with Crippen LogP contribution in [-0.4, -0.2) is 18.2 Å². The van der Waals surface area contributed by atoms with Crippen LogP contribution in [0, 0.1) is 17.2 Å². The average Bonchev–Trinajstić information content (AvgIpc) is 2.03. The van der Waals surface area contributed by atoms with E-state index < -0.39 is 15.4 Å². The van der Waals surface area contributed by atoms with Gasteiger partial charge in [-0.15, -0.1) is 0 Å². The van der Waals surface area contributed by atoms with Gasteiger partial charge in [-0.25, -0.2) is 8.42 Å². The molecule has 1 fully saturated rings. The van der Waals surface area contributed by atoms with Crippen LogP contribution in [0.25, 0.3) is 0 Å². The summed E-state index contributed by atoms with van der Waals surface area (Å²) in [4.78, 5) is 0. The van der Waals surface area contributed by atoms with Crippen molar-refractivity contribution in [3.8, 4) is 6.07 Å². The molecule has 0 aliphatic heterocycles. The zero-order valence-electron chi connectivity index (χ0n) is 6.56. The van der Waals surface area contributed by atoms with Gasteiger partial charge in [0, 0.05) is 11.2 Å². The van der Waals surface area contributed by atoms with Crippen molar-refractivity contribution in [2.24, 2.45) is 5.92 Å². The van der Waals surface area contributed by atoms with Gasteiger partial charge in [-0.05, 0) is 25.7 Å². The van der Waals surface area contributed by atoms with E-state index in [1.165, 1.54) is 0 Å². The summed E-state index contributed by atoms with van der Waals surface area (Å²) in [5.41, 5.74) is 0. The van der Waals surface area contributed by atoms with Crippen molar-refractivity contribution in [2.45, 2.75) is 30.9 Å². The van der Waals surface area contributed by atoms with Gasteiger partial charge >= 0.3 is 0 Å². The van der Waals surface area contributed by atoms with Gasteiger partial charge in [0.2, 0.25) is 0 Å². The third kappa shape index (κ3) is 2.19. The third-order valence-electron chi connectivity index (χ3n) is 2.27. The van der Waals surface area contributed by atoms with E-state index in [1.807, 2.05) is 0 Å². The summed E-state index contributed by atoms with van der Waals surface area (Å²) in [6, 6.07) is 2.08. The van der Waals surface area contributed by atoms with E-state index in [-0.39, 0.29) is 5.92 Å². The van der Waals surface area contributed by atoms with Crippen molar-refractivity contribution in [1.82, 2.24) is 0 Å². The fraction of sp³-hybridized carbons (Fsp3) is 0.857. The van der Waals surface area contributed by atoms with E-state index in [2.05, 4.69) is 6.07 Å². The lowest BCUT2D eigenvalue weighted by Crippen LogP contribution is -2.26. The SMILES string of the molecule is N#CC1CCC(S(=O)(=O)[O-])CC1. The van der Waals surface area contributed by atoms with Crippen molar-refractivity contribution in [3.63, 3.8) is 0 Å². The molecule has 0 N–H and O–H groups in total. The first-order valence-corrected chi connectivity index (χ1v) is 5.35. The van der Waals surface area contributed by atoms with Gasteiger partial charge < -0.3 is 4.55 Å². The largest absolute Gasteiger partial charge is 0.748 e. The first-order chi connectivity index (χ1) is 5.54. The lowest BCUT2D eigenvalue weighted by atomic mass is 9.90. The zero-order valence-corrected chi connectivity index (χ0v) is 7.38. The van der Waals surface area contributed by atoms with E-state index in [0.29, 0.717) is 25.7 Å². The molecule has 0 aromatic rings. The maximum atomic E-state index is 10.5. The number of nitriles is 1. The van der Waals surface area contributed by atoms with Gasteiger partial charge in [0.1, 0.15) is 0 Å². The number of rotatable bonds is 1. The Bertz CT molecular complexity index is 282. The predicted molar refractivity (Wildman–Crippen MR) is 41.1 cm³/mol. The highest BCUT2D eigenvalue weighted by Gasteiger charge is 2.24. The van der Waals surface area contributed by atoms with Crippen LogP contribution in [0.1, 0.15) is 25.7 Å². The van der Waals surface area contributed by atoms with Gasteiger partial charge in [-0.3, -0.25) is 0 Å². The highest BCUT2D eigenvalue weighted by Crippen LogP contribution is 2.27. The Morgan fingerprint density at radius 3 is 2.08 bits per heavy atom. The second-order valence-corrected chi connectivity index (χ2v) is 4.75. The van der Waals surface area contributed by atoms with Gasteiger partial charge in [0.25, 0.3) is 0 Å². The number of hydrogen-bond acceptors (Lipinski definition) is 4. The molecule has 4 nitrogen and oxygen atoms in total. The van der Waals surface area contributed by atoms with E-state index in [0.717, 1.165) is 0 Å². The first kappa shape index (κ1) is 9.49. The minimum atomic E-state index is -4.12. The molecule has 1 aliphatic carbocycles. The molecular weight excluding hydrogens is 178 g/mol. The summed E-state index contributed by atoms with van der Waals surface area (Å²) >= 11 is 0. The van der Waals surface area contributed by atoms with Crippen LogP contribution in [0.3, 0.4) is 0 Å². The Morgan fingerprint density at radius 2 is 1.75 bits per heavy atom. The van der Waals surface area contributed by atoms with Gasteiger partial charge in [0.15, 0.2) is 0 Å². The molecule has 0 amide bonds. The van der Waals surface area contributed by atoms with Crippen LogP contribution in [-0.2, 0) is 10.1 Å². The Labute approximate surface area is 71.9 Å². The predicted octanol–water partition coefficient (Wildman–Crippen LogP) is 0.614. The topological polar surface area (TPSA) is 81.0 Å². The lowest BCUT2D eigenvalue weighted by molar-refractivity contribution is 0.384. The van der Waals surface area contributed by atoms with Crippen molar-refractivity contribution in [3.05, 3.63) is 0 Å². The van der Waals surface area contributed by atoms with Crippen molar-refractivity contribution in [1.29, 1.82) is 5.26 Å². The van der Waals surface area contributed by atoms with Crippen molar-refractivity contribution < 1.29 is 13.0 Å². The molecule has 0 atom stereocenters. The molecule has 68 valence electrons. The maximum Gasteiger partial charge on any atom is 0.0975 e. The smallest absolute Gasteiger partial charge is 0.0975 e. The van der Waals surface area contributed by atoms with Crippen molar-refractivity contribution >= 4 is 10.1 Å². The molecule has 0 radical (unpaired) electrons. The molecular formula is C7H10NO3S-. The van der Waals surface area contributed by atoms with Crippen LogP contribution in [0.4, 0.5) is 0 Å². The summed E-state index contributed by atoms with van der Waals surface area (Å²) < 4.78 is 31.6. The molecule has 1 rings (SSSR count). The Morgan fingerprint density at radius 1 is 1.25 bits per heavy atom. The summed E-state index contributed by atoms with van der Waals surface area (Å²) in [5.74, 6) is -0.0528. The fourth-order valence-corrected chi connectivity index (χ4v) is 2.33. The molecule has 0 spiro atoms. The Balaban J connectivity index is 2.54. The van der Waals surface area contributed by atoms with Gasteiger partial charge in [-0.2, -0.15) is 5.26 Å². The molecule has 0 aromatic carbocycles. The molecule has 1 aliphatic rings. The lowest BCUT2D eigenvalue weighted by Gasteiger charge is -2.26. The summed E-state index contributed by atoms with van der Waals surface area (Å²) in [5, 5.41) is 7.75. The highest BCUT2D eigenvalue weighted by atomic mass is 32.2. The molecule has 5 heteroatoms. The minimum absolute atomic E-state index is 0.0528. The van der Waals surface area contributed by atoms with Crippen LogP contribution >= 0.6 is 0 Å². The third-order valence-corrected chi connectivity index (χ3v) is 3.55. The second-order valence-electron chi connectivity index (χ2n) is 3.10. The van der Waals surface area contributed by atoms with Crippen LogP contribution in [0.2, 0.25) is 0 Å². The summed E-state index contributed by atoms with van der Waals surface area (Å²) in [6.45, 7) is 0. The van der Waals surface area contributed by atoms with E-state index in [4.69, 9.17) is 5.26 Å². The normalized spacial score (nSPS) is 31.0. The monoisotopic (exact) mass is 188 g/mol. The highest BCUT2D eigenvalue weighted by molar-refractivity contribution is 7.86. The van der Waals surface area contributed by atoms with Crippen LogP contribution in [0.5, 0.6) is 0 Å². The molecule has 0 saturated heterocycles. The zero-order chi connectivity index (χ0) is 9.19. The average molecular weight is 188 g/mol. The number of hydrogen-bond donors (Lipinski definition) is 0. The minimum Gasteiger partial charge on any atom is -0.748 e. The molecule has 0 unspecified atom stereocenters. The molecule has 0 bridgehead atoms. The fourth-order valence-electron chi connectivity index (χ4n) is 1.48. The van der Waals surface area contributed by atoms with E-state index >= 15 is 0 Å². The van der Waals surface area contributed by atoms with Gasteiger partial charge in [0.05, 0.1) is 16.2 Å². The molecule has 0 heterocycles. The summed E-state index contributed by atoms with van der Waals surface area (Å²) in [7, 11) is -4.12. The van der Waals surface area contributed by atoms with E-state index in [9.17, 15) is 13.0 Å². The maximum absolute atomic E-state index is 10.5. The number of nitrogens with zero attached hydrogens (tertiary/aromatic N) is 1. The molecule has 0 aromatic heterocycles. The van der Waals surface area contributed by atoms with Crippen molar-refractivity contribution in [2.75, 3.05) is 0 Å². The van der Waals surface area contributed by atoms with E-state index in [1.54, 1.807) is 0 Å². The van der Waals surface area contributed by atoms with Gasteiger partial charge in [-0.1, -0.05) is 0 Å². The van der Waals surface area contributed by atoms with Crippen LogP contribution in [0.15, 0.2) is 0 Å². The molecule has 12 heavy (non-hydrogen) atoms. The standard InChI is InChI=1S/C7H11NO3S/c8-5-6-1-3-7(4-2-6)12(9,10)11/h6-7H,1-4H2,(H,9,10,11)/p-1.